The molecule has 1 amide bonds. The molecule has 4 rings (SSSR count). The molecule has 0 saturated carbocycles. The van der Waals surface area contributed by atoms with Gasteiger partial charge in [-0.15, -0.1) is 0 Å². The second-order valence-corrected chi connectivity index (χ2v) is 6.99. The molecule has 0 radical (unpaired) electrons. The van der Waals surface area contributed by atoms with Crippen LogP contribution in [0.5, 0.6) is 0 Å². The van der Waals surface area contributed by atoms with Gasteiger partial charge in [0.2, 0.25) is 5.91 Å². The van der Waals surface area contributed by atoms with Crippen molar-refractivity contribution in [1.82, 2.24) is 9.88 Å². The zero-order valence-corrected chi connectivity index (χ0v) is 15.0. The molecule has 0 bridgehead atoms. The molecule has 2 aromatic carbocycles. The molecule has 0 atom stereocenters. The van der Waals surface area contributed by atoms with Gasteiger partial charge >= 0.3 is 0 Å². The van der Waals surface area contributed by atoms with E-state index in [4.69, 9.17) is 0 Å². The number of carbonyl (C=O) groups excluding carboxylic acids is 1. The fraction of sp³-hybridized carbons (Fsp3) is 0.318. The van der Waals surface area contributed by atoms with Crippen molar-refractivity contribution in [2.75, 3.05) is 18.4 Å². The monoisotopic (exact) mass is 347 g/mol. The molecule has 0 spiro atoms. The highest BCUT2D eigenvalue weighted by Gasteiger charge is 2.17. The van der Waals surface area contributed by atoms with Crippen LogP contribution >= 0.6 is 0 Å². The average molecular weight is 347 g/mol. The summed E-state index contributed by atoms with van der Waals surface area (Å²) < 4.78 is 0. The van der Waals surface area contributed by atoms with E-state index in [1.165, 1.54) is 22.0 Å². The van der Waals surface area contributed by atoms with Gasteiger partial charge in [-0.25, -0.2) is 0 Å². The van der Waals surface area contributed by atoms with Gasteiger partial charge in [0.25, 0.3) is 0 Å². The second-order valence-electron chi connectivity index (χ2n) is 6.99. The first-order valence-corrected chi connectivity index (χ1v) is 9.45. The molecule has 4 heteroatoms. The Morgan fingerprint density at radius 3 is 2.65 bits per heavy atom. The number of rotatable bonds is 6. The van der Waals surface area contributed by atoms with Crippen molar-refractivity contribution in [3.05, 3.63) is 65.9 Å². The highest BCUT2D eigenvalue weighted by molar-refractivity contribution is 5.83. The number of hydrogen-bond acceptors (Lipinski definition) is 2. The Morgan fingerprint density at radius 1 is 1.04 bits per heavy atom. The number of anilines is 1. The Balaban J connectivity index is 1.31. The standard InChI is InChI=1S/C22H25N3O/c26-22(25-14-1-2-15-25)11-8-17-6-9-19(10-7-17)24-16-18-4-3-5-21-20(18)12-13-23-21/h3-7,9-10,12-13,23-24H,1-2,8,11,14-16H2. The van der Waals surface area contributed by atoms with Crippen LogP contribution in [-0.2, 0) is 17.8 Å². The maximum Gasteiger partial charge on any atom is 0.222 e. The Kier molecular flexibility index (Phi) is 4.91. The number of likely N-dealkylation sites (tertiary alicyclic amines) is 1. The minimum absolute atomic E-state index is 0.296. The van der Waals surface area contributed by atoms with Crippen LogP contribution in [0.1, 0.15) is 30.4 Å². The molecule has 0 unspecified atom stereocenters. The van der Waals surface area contributed by atoms with Crippen molar-refractivity contribution in [1.29, 1.82) is 0 Å². The minimum Gasteiger partial charge on any atom is -0.381 e. The Bertz CT molecular complexity index is 876. The summed E-state index contributed by atoms with van der Waals surface area (Å²) in [7, 11) is 0. The molecule has 2 heterocycles. The van der Waals surface area contributed by atoms with Crippen LogP contribution in [0, 0.1) is 0 Å². The molecule has 1 fully saturated rings. The zero-order chi connectivity index (χ0) is 17.8. The number of benzene rings is 2. The largest absolute Gasteiger partial charge is 0.381 e. The van der Waals surface area contributed by atoms with E-state index in [-0.39, 0.29) is 0 Å². The fourth-order valence-electron chi connectivity index (χ4n) is 3.67. The summed E-state index contributed by atoms with van der Waals surface area (Å²) >= 11 is 0. The predicted octanol–water partition coefficient (Wildman–Crippen LogP) is 4.34. The quantitative estimate of drug-likeness (QED) is 0.697. The van der Waals surface area contributed by atoms with Crippen LogP contribution in [0.2, 0.25) is 0 Å². The number of aryl methyl sites for hydroxylation is 1. The van der Waals surface area contributed by atoms with Gasteiger partial charge in [-0.05, 0) is 54.7 Å². The number of aromatic nitrogens is 1. The first kappa shape index (κ1) is 16.7. The van der Waals surface area contributed by atoms with Crippen molar-refractivity contribution in [2.45, 2.75) is 32.2 Å². The molecule has 26 heavy (non-hydrogen) atoms. The summed E-state index contributed by atoms with van der Waals surface area (Å²) in [6.45, 7) is 2.67. The van der Waals surface area contributed by atoms with Gasteiger partial charge in [0.05, 0.1) is 0 Å². The SMILES string of the molecule is O=C(CCc1ccc(NCc2cccc3[nH]ccc23)cc1)N1CCCC1. The lowest BCUT2D eigenvalue weighted by Crippen LogP contribution is -2.27. The van der Waals surface area contributed by atoms with Crippen molar-refractivity contribution in [3.8, 4) is 0 Å². The van der Waals surface area contributed by atoms with E-state index in [1.54, 1.807) is 0 Å². The molecule has 1 aromatic heterocycles. The van der Waals surface area contributed by atoms with Crippen LogP contribution in [0.25, 0.3) is 10.9 Å². The van der Waals surface area contributed by atoms with E-state index < -0.39 is 0 Å². The topological polar surface area (TPSA) is 48.1 Å². The highest BCUT2D eigenvalue weighted by Crippen LogP contribution is 2.19. The third-order valence-corrected chi connectivity index (χ3v) is 5.21. The van der Waals surface area contributed by atoms with Crippen LogP contribution in [0.15, 0.2) is 54.7 Å². The van der Waals surface area contributed by atoms with Gasteiger partial charge < -0.3 is 15.2 Å². The number of nitrogens with zero attached hydrogens (tertiary/aromatic N) is 1. The molecular weight excluding hydrogens is 322 g/mol. The van der Waals surface area contributed by atoms with Crippen LogP contribution < -0.4 is 5.32 Å². The number of hydrogen-bond donors (Lipinski definition) is 2. The summed E-state index contributed by atoms with van der Waals surface area (Å²) in [5.41, 5.74) is 4.77. The maximum atomic E-state index is 12.1. The zero-order valence-electron chi connectivity index (χ0n) is 15.0. The summed E-state index contributed by atoms with van der Waals surface area (Å²) in [4.78, 5) is 17.4. The molecule has 3 aromatic rings. The smallest absolute Gasteiger partial charge is 0.222 e. The van der Waals surface area contributed by atoms with E-state index in [1.807, 2.05) is 11.1 Å². The predicted molar refractivity (Wildman–Crippen MR) is 106 cm³/mol. The lowest BCUT2D eigenvalue weighted by Gasteiger charge is -2.15. The molecule has 4 nitrogen and oxygen atoms in total. The Labute approximate surface area is 154 Å². The Hall–Kier alpha value is -2.75. The summed E-state index contributed by atoms with van der Waals surface area (Å²) in [5.74, 6) is 0.296. The maximum absolute atomic E-state index is 12.1. The fourth-order valence-corrected chi connectivity index (χ4v) is 3.67. The molecule has 2 N–H and O–H groups in total. The summed E-state index contributed by atoms with van der Waals surface area (Å²) in [6, 6.07) is 16.9. The number of amides is 1. The average Bonchev–Trinajstić information content (AvgIpc) is 3.37. The third-order valence-electron chi connectivity index (χ3n) is 5.21. The van der Waals surface area contributed by atoms with E-state index in [0.29, 0.717) is 12.3 Å². The highest BCUT2D eigenvalue weighted by atomic mass is 16.2. The van der Waals surface area contributed by atoms with E-state index in [9.17, 15) is 4.79 Å². The first-order valence-electron chi connectivity index (χ1n) is 9.45. The lowest BCUT2D eigenvalue weighted by atomic mass is 10.1. The van der Waals surface area contributed by atoms with E-state index >= 15 is 0 Å². The van der Waals surface area contributed by atoms with Gasteiger partial charge in [-0.3, -0.25) is 4.79 Å². The molecule has 1 saturated heterocycles. The van der Waals surface area contributed by atoms with Gasteiger partial charge in [-0.1, -0.05) is 24.3 Å². The van der Waals surface area contributed by atoms with Crippen LogP contribution in [0.4, 0.5) is 5.69 Å². The van der Waals surface area contributed by atoms with Crippen molar-refractivity contribution < 1.29 is 4.79 Å². The van der Waals surface area contributed by atoms with Crippen molar-refractivity contribution in [2.24, 2.45) is 0 Å². The number of nitrogens with one attached hydrogen (secondary N) is 2. The number of fused-ring (bicyclic) bond motifs is 1. The molecule has 134 valence electrons. The molecule has 1 aliphatic rings. The van der Waals surface area contributed by atoms with E-state index in [0.717, 1.165) is 44.6 Å². The van der Waals surface area contributed by atoms with E-state index in [2.05, 4.69) is 58.8 Å². The third kappa shape index (κ3) is 3.74. The number of aromatic amines is 1. The molecular formula is C22H25N3O. The first-order chi connectivity index (χ1) is 12.8. The van der Waals surface area contributed by atoms with Crippen LogP contribution in [-0.4, -0.2) is 28.9 Å². The van der Waals surface area contributed by atoms with Crippen molar-refractivity contribution >= 4 is 22.5 Å². The molecule has 1 aliphatic heterocycles. The minimum atomic E-state index is 0.296. The summed E-state index contributed by atoms with van der Waals surface area (Å²) in [5, 5.41) is 4.75. The summed E-state index contributed by atoms with van der Waals surface area (Å²) in [6.07, 6.45) is 5.72. The Morgan fingerprint density at radius 2 is 1.85 bits per heavy atom. The van der Waals surface area contributed by atoms with Crippen LogP contribution in [0.3, 0.4) is 0 Å². The number of H-pyrrole nitrogens is 1. The molecule has 0 aliphatic carbocycles. The lowest BCUT2D eigenvalue weighted by molar-refractivity contribution is -0.130. The van der Waals surface area contributed by atoms with Crippen molar-refractivity contribution in [3.63, 3.8) is 0 Å². The second kappa shape index (κ2) is 7.65. The number of carbonyl (C=O) groups is 1. The van der Waals surface area contributed by atoms with Gasteiger partial charge in [0.15, 0.2) is 0 Å². The van der Waals surface area contributed by atoms with Gasteiger partial charge in [-0.2, -0.15) is 0 Å². The van der Waals surface area contributed by atoms with Gasteiger partial charge in [0.1, 0.15) is 0 Å². The van der Waals surface area contributed by atoms with Gasteiger partial charge in [0, 0.05) is 48.8 Å². The normalized spacial score (nSPS) is 14.1.